The van der Waals surface area contributed by atoms with Crippen molar-refractivity contribution in [1.29, 1.82) is 0 Å². The molecule has 0 radical (unpaired) electrons. The van der Waals surface area contributed by atoms with E-state index in [1.807, 2.05) is 13.8 Å². The molecule has 4 nitrogen and oxygen atoms in total. The summed E-state index contributed by atoms with van der Waals surface area (Å²) in [5.41, 5.74) is 3.52. The third-order valence-electron chi connectivity index (χ3n) is 5.00. The topological polar surface area (TPSA) is 44.2 Å². The number of rotatable bonds is 4. The molecule has 7 heteroatoms. The minimum Gasteiger partial charge on any atom is -0.497 e. The van der Waals surface area contributed by atoms with Gasteiger partial charge in [0, 0.05) is 11.1 Å². The summed E-state index contributed by atoms with van der Waals surface area (Å²) in [5, 5.41) is 0. The highest BCUT2D eigenvalue weighted by molar-refractivity contribution is 7.00. The lowest BCUT2D eigenvalue weighted by atomic mass is 9.92. The molecule has 0 amide bonds. The first-order valence-electron chi connectivity index (χ1n) is 8.89. The van der Waals surface area contributed by atoms with Gasteiger partial charge in [-0.25, -0.2) is 8.78 Å². The number of hydrogen-bond acceptors (Lipinski definition) is 5. The molecule has 0 N–H and O–H groups in total. The Balaban J connectivity index is 2.02. The fraction of sp³-hybridized carbons (Fsp3) is 0.182. The highest BCUT2D eigenvalue weighted by Crippen LogP contribution is 2.42. The van der Waals surface area contributed by atoms with Gasteiger partial charge in [0.2, 0.25) is 0 Å². The van der Waals surface area contributed by atoms with E-state index in [-0.39, 0.29) is 11.1 Å². The maximum atomic E-state index is 15.4. The lowest BCUT2D eigenvalue weighted by Gasteiger charge is -2.15. The molecule has 0 atom stereocenters. The van der Waals surface area contributed by atoms with Gasteiger partial charge in [0.15, 0.2) is 11.6 Å². The van der Waals surface area contributed by atoms with Crippen LogP contribution in [0.3, 0.4) is 0 Å². The van der Waals surface area contributed by atoms with Gasteiger partial charge in [-0.3, -0.25) is 0 Å². The number of aromatic nitrogens is 2. The van der Waals surface area contributed by atoms with Crippen LogP contribution in [-0.4, -0.2) is 23.0 Å². The number of methoxy groups -OCH3 is 2. The summed E-state index contributed by atoms with van der Waals surface area (Å²) >= 11 is 0.932. The monoisotopic (exact) mass is 412 g/mol. The molecule has 1 heterocycles. The van der Waals surface area contributed by atoms with Gasteiger partial charge in [-0.1, -0.05) is 12.1 Å². The molecular weight excluding hydrogens is 394 g/mol. The molecule has 0 unspecified atom stereocenters. The van der Waals surface area contributed by atoms with E-state index in [0.29, 0.717) is 33.7 Å². The van der Waals surface area contributed by atoms with Crippen LogP contribution in [0.25, 0.3) is 33.3 Å². The zero-order valence-corrected chi connectivity index (χ0v) is 17.2. The average molecular weight is 412 g/mol. The summed E-state index contributed by atoms with van der Waals surface area (Å²) in [6.07, 6.45) is 0. The summed E-state index contributed by atoms with van der Waals surface area (Å²) in [6, 6.07) is 10.4. The van der Waals surface area contributed by atoms with Gasteiger partial charge in [-0.2, -0.15) is 8.75 Å². The van der Waals surface area contributed by atoms with Crippen LogP contribution in [0.15, 0.2) is 36.4 Å². The van der Waals surface area contributed by atoms with Crippen molar-refractivity contribution >= 4 is 22.8 Å². The number of aryl methyl sites for hydroxylation is 2. The van der Waals surface area contributed by atoms with Crippen LogP contribution < -0.4 is 9.47 Å². The van der Waals surface area contributed by atoms with E-state index < -0.39 is 11.6 Å². The summed E-state index contributed by atoms with van der Waals surface area (Å²) < 4.78 is 49.8. The minimum absolute atomic E-state index is 0.112. The normalized spacial score (nSPS) is 11.1. The number of hydrogen-bond donors (Lipinski definition) is 0. The largest absolute Gasteiger partial charge is 0.497 e. The Labute approximate surface area is 171 Å². The van der Waals surface area contributed by atoms with Crippen LogP contribution in [-0.2, 0) is 0 Å². The SMILES string of the molecule is COc1ccc(-c2c(F)c(F)c(-c3ccc(OC)cc3C)c3nsnc23)c(C)c1. The zero-order valence-electron chi connectivity index (χ0n) is 16.3. The second-order valence-electron chi connectivity index (χ2n) is 6.70. The van der Waals surface area contributed by atoms with Crippen LogP contribution in [0, 0.1) is 25.5 Å². The molecule has 0 bridgehead atoms. The molecule has 0 spiro atoms. The molecule has 0 aliphatic rings. The molecule has 3 aromatic carbocycles. The van der Waals surface area contributed by atoms with E-state index in [9.17, 15) is 0 Å². The van der Waals surface area contributed by atoms with E-state index in [1.165, 1.54) is 0 Å². The molecule has 0 saturated heterocycles. The van der Waals surface area contributed by atoms with Crippen LogP contribution in [0.1, 0.15) is 11.1 Å². The minimum atomic E-state index is -0.941. The van der Waals surface area contributed by atoms with Crippen LogP contribution in [0.4, 0.5) is 8.78 Å². The van der Waals surface area contributed by atoms with Gasteiger partial charge < -0.3 is 9.47 Å². The van der Waals surface area contributed by atoms with Gasteiger partial charge in [-0.05, 0) is 60.4 Å². The van der Waals surface area contributed by atoms with E-state index in [0.717, 1.165) is 22.9 Å². The Morgan fingerprint density at radius 1 is 0.724 bits per heavy atom. The molecule has 29 heavy (non-hydrogen) atoms. The third kappa shape index (κ3) is 3.11. The van der Waals surface area contributed by atoms with Crippen molar-refractivity contribution in [2.45, 2.75) is 13.8 Å². The van der Waals surface area contributed by atoms with Crippen LogP contribution in [0.2, 0.25) is 0 Å². The highest BCUT2D eigenvalue weighted by atomic mass is 32.1. The van der Waals surface area contributed by atoms with Crippen molar-refractivity contribution in [1.82, 2.24) is 8.75 Å². The van der Waals surface area contributed by atoms with Gasteiger partial charge in [0.25, 0.3) is 0 Å². The van der Waals surface area contributed by atoms with E-state index >= 15 is 8.78 Å². The maximum absolute atomic E-state index is 15.4. The molecule has 4 rings (SSSR count). The standard InChI is InChI=1S/C22H18F2N2O2S/c1-11-9-13(27-3)5-7-15(11)17-19(23)20(24)18(22-21(17)25-29-26-22)16-8-6-14(28-4)10-12(16)2/h5-10H,1-4H3. The van der Waals surface area contributed by atoms with Gasteiger partial charge >= 0.3 is 0 Å². The first kappa shape index (κ1) is 19.3. The summed E-state index contributed by atoms with van der Waals surface area (Å²) in [4.78, 5) is 0. The Kier molecular flexibility index (Phi) is 4.92. The Morgan fingerprint density at radius 3 is 1.48 bits per heavy atom. The zero-order chi connectivity index (χ0) is 20.7. The molecule has 1 aromatic heterocycles. The quantitative estimate of drug-likeness (QED) is 0.416. The number of benzene rings is 3. The van der Waals surface area contributed by atoms with Crippen LogP contribution >= 0.6 is 11.7 Å². The first-order chi connectivity index (χ1) is 14.0. The van der Waals surface area contributed by atoms with E-state index in [1.54, 1.807) is 50.6 Å². The fourth-order valence-corrected chi connectivity index (χ4v) is 4.08. The molecule has 0 aliphatic heterocycles. The van der Waals surface area contributed by atoms with Gasteiger partial charge in [-0.15, -0.1) is 0 Å². The predicted octanol–water partition coefficient (Wildman–Crippen LogP) is 5.94. The highest BCUT2D eigenvalue weighted by Gasteiger charge is 2.26. The van der Waals surface area contributed by atoms with Crippen molar-refractivity contribution in [2.24, 2.45) is 0 Å². The lowest BCUT2D eigenvalue weighted by Crippen LogP contribution is -2.00. The number of halogens is 2. The molecule has 0 saturated carbocycles. The fourth-order valence-electron chi connectivity index (χ4n) is 3.52. The van der Waals surface area contributed by atoms with E-state index in [4.69, 9.17) is 9.47 Å². The van der Waals surface area contributed by atoms with Crippen molar-refractivity contribution < 1.29 is 18.3 Å². The molecule has 0 fully saturated rings. The Morgan fingerprint density at radius 2 is 1.14 bits per heavy atom. The summed E-state index contributed by atoms with van der Waals surface area (Å²) in [6.45, 7) is 3.64. The van der Waals surface area contributed by atoms with Gasteiger partial charge in [0.1, 0.15) is 22.5 Å². The molecule has 4 aromatic rings. The third-order valence-corrected chi connectivity index (χ3v) is 5.53. The maximum Gasteiger partial charge on any atom is 0.169 e. The Hall–Kier alpha value is -3.06. The number of nitrogens with zero attached hydrogens (tertiary/aromatic N) is 2. The van der Waals surface area contributed by atoms with Crippen molar-refractivity contribution in [3.8, 4) is 33.8 Å². The van der Waals surface area contributed by atoms with Crippen molar-refractivity contribution in [3.63, 3.8) is 0 Å². The predicted molar refractivity (Wildman–Crippen MR) is 111 cm³/mol. The number of ether oxygens (including phenoxy) is 2. The molecular formula is C22H18F2N2O2S. The number of fused-ring (bicyclic) bond motifs is 1. The second-order valence-corrected chi connectivity index (χ2v) is 7.23. The smallest absolute Gasteiger partial charge is 0.169 e. The lowest BCUT2D eigenvalue weighted by molar-refractivity contribution is 0.414. The average Bonchev–Trinajstić information content (AvgIpc) is 3.19. The van der Waals surface area contributed by atoms with Crippen LogP contribution in [0.5, 0.6) is 11.5 Å². The Bertz CT molecular complexity index is 1140. The first-order valence-corrected chi connectivity index (χ1v) is 9.62. The second kappa shape index (κ2) is 7.40. The summed E-state index contributed by atoms with van der Waals surface area (Å²) in [5.74, 6) is -0.595. The molecule has 0 aliphatic carbocycles. The molecule has 148 valence electrons. The van der Waals surface area contributed by atoms with Crippen molar-refractivity contribution in [2.75, 3.05) is 14.2 Å². The van der Waals surface area contributed by atoms with Crippen molar-refractivity contribution in [3.05, 3.63) is 59.2 Å². The summed E-state index contributed by atoms with van der Waals surface area (Å²) in [7, 11) is 3.12. The van der Waals surface area contributed by atoms with E-state index in [2.05, 4.69) is 8.75 Å². The van der Waals surface area contributed by atoms with Gasteiger partial charge in [0.05, 0.1) is 25.9 Å².